The maximum atomic E-state index is 13.0. The third-order valence-electron chi connectivity index (χ3n) is 3.63. The fraction of sp³-hybridized carbons (Fsp3) is 0.267. The number of fused-ring (bicyclic) bond motifs is 1. The van der Waals surface area contributed by atoms with Crippen molar-refractivity contribution < 1.29 is 9.18 Å². The lowest BCUT2D eigenvalue weighted by atomic mass is 9.82. The van der Waals surface area contributed by atoms with Gasteiger partial charge in [-0.2, -0.15) is 0 Å². The van der Waals surface area contributed by atoms with E-state index in [1.807, 2.05) is 6.20 Å². The average molecular weight is 258 g/mol. The molecule has 0 fully saturated rings. The normalized spacial score (nSPS) is 16.9. The van der Waals surface area contributed by atoms with Gasteiger partial charge in [0.2, 0.25) is 0 Å². The summed E-state index contributed by atoms with van der Waals surface area (Å²) in [4.78, 5) is 15.3. The van der Waals surface area contributed by atoms with Crippen molar-refractivity contribution in [1.29, 1.82) is 0 Å². The molecule has 0 unspecified atom stereocenters. The molecule has 1 aromatic carbocycles. The first-order valence-corrected chi connectivity index (χ1v) is 6.25. The second kappa shape index (κ2) is 3.95. The summed E-state index contributed by atoms with van der Waals surface area (Å²) in [6.45, 7) is 4.77. The van der Waals surface area contributed by atoms with Gasteiger partial charge in [-0.3, -0.25) is 4.79 Å². The SMILES string of the molecule is CC1(C)CNC(=O)c2c(-c3ccc(F)cc3)c[nH]c21. The molecule has 2 heterocycles. The van der Waals surface area contributed by atoms with E-state index >= 15 is 0 Å². The van der Waals surface area contributed by atoms with Crippen molar-refractivity contribution in [3.8, 4) is 11.1 Å². The molecule has 1 amide bonds. The van der Waals surface area contributed by atoms with E-state index in [9.17, 15) is 9.18 Å². The van der Waals surface area contributed by atoms with Crippen molar-refractivity contribution in [3.63, 3.8) is 0 Å². The monoisotopic (exact) mass is 258 g/mol. The van der Waals surface area contributed by atoms with Gasteiger partial charge in [-0.15, -0.1) is 0 Å². The molecule has 19 heavy (non-hydrogen) atoms. The number of hydrogen-bond donors (Lipinski definition) is 2. The quantitative estimate of drug-likeness (QED) is 0.811. The van der Waals surface area contributed by atoms with Gasteiger partial charge in [0.25, 0.3) is 5.91 Å². The zero-order valence-electron chi connectivity index (χ0n) is 10.9. The second-order valence-corrected chi connectivity index (χ2v) is 5.53. The number of carbonyl (C=O) groups excluding carboxylic acids is 1. The topological polar surface area (TPSA) is 44.9 Å². The van der Waals surface area contributed by atoms with Crippen LogP contribution in [0.15, 0.2) is 30.5 Å². The third-order valence-corrected chi connectivity index (χ3v) is 3.63. The van der Waals surface area contributed by atoms with E-state index < -0.39 is 0 Å². The molecular formula is C15H15FN2O. The summed E-state index contributed by atoms with van der Waals surface area (Å²) in [7, 11) is 0. The third kappa shape index (κ3) is 1.84. The van der Waals surface area contributed by atoms with Crippen LogP contribution >= 0.6 is 0 Å². The summed E-state index contributed by atoms with van der Waals surface area (Å²) in [6, 6.07) is 6.18. The number of nitrogens with one attached hydrogen (secondary N) is 2. The molecular weight excluding hydrogens is 243 g/mol. The largest absolute Gasteiger partial charge is 0.363 e. The number of aromatic nitrogens is 1. The van der Waals surface area contributed by atoms with Crippen LogP contribution in [-0.4, -0.2) is 17.4 Å². The molecule has 2 aromatic rings. The standard InChI is InChI=1S/C15H15FN2O/c1-15(2)8-18-14(19)12-11(7-17-13(12)15)9-3-5-10(16)6-4-9/h3-7,17H,8H2,1-2H3,(H,18,19). The van der Waals surface area contributed by atoms with Gasteiger partial charge < -0.3 is 10.3 Å². The number of halogens is 1. The molecule has 0 spiro atoms. The van der Waals surface area contributed by atoms with Crippen molar-refractivity contribution in [2.24, 2.45) is 0 Å². The number of hydrogen-bond acceptors (Lipinski definition) is 1. The van der Waals surface area contributed by atoms with Gasteiger partial charge in [0.15, 0.2) is 0 Å². The van der Waals surface area contributed by atoms with Gasteiger partial charge in [0, 0.05) is 29.4 Å². The number of H-pyrrole nitrogens is 1. The van der Waals surface area contributed by atoms with Crippen molar-refractivity contribution in [2.75, 3.05) is 6.54 Å². The van der Waals surface area contributed by atoms with Crippen LogP contribution < -0.4 is 5.32 Å². The van der Waals surface area contributed by atoms with E-state index in [0.717, 1.165) is 16.8 Å². The number of rotatable bonds is 1. The Kier molecular flexibility index (Phi) is 2.49. The lowest BCUT2D eigenvalue weighted by molar-refractivity contribution is 0.0930. The zero-order chi connectivity index (χ0) is 13.6. The first kappa shape index (κ1) is 12.0. The molecule has 0 saturated heterocycles. The molecule has 1 aliphatic rings. The Labute approximate surface area is 110 Å². The Morgan fingerprint density at radius 3 is 2.58 bits per heavy atom. The molecule has 2 N–H and O–H groups in total. The van der Waals surface area contributed by atoms with Crippen molar-refractivity contribution in [1.82, 2.24) is 10.3 Å². The first-order valence-electron chi connectivity index (χ1n) is 6.25. The molecule has 98 valence electrons. The second-order valence-electron chi connectivity index (χ2n) is 5.53. The molecule has 0 saturated carbocycles. The predicted octanol–water partition coefficient (Wildman–Crippen LogP) is 2.84. The minimum Gasteiger partial charge on any atom is -0.363 e. The highest BCUT2D eigenvalue weighted by molar-refractivity contribution is 6.03. The zero-order valence-corrected chi connectivity index (χ0v) is 10.9. The molecule has 0 radical (unpaired) electrons. The van der Waals surface area contributed by atoms with Gasteiger partial charge in [-0.1, -0.05) is 26.0 Å². The minimum absolute atomic E-state index is 0.0742. The molecule has 3 rings (SSSR count). The number of benzene rings is 1. The van der Waals surface area contributed by atoms with Crippen LogP contribution in [0.2, 0.25) is 0 Å². The van der Waals surface area contributed by atoms with E-state index in [-0.39, 0.29) is 17.1 Å². The number of amides is 1. The van der Waals surface area contributed by atoms with Gasteiger partial charge in [-0.25, -0.2) is 4.39 Å². The summed E-state index contributed by atoms with van der Waals surface area (Å²) in [5.74, 6) is -0.354. The molecule has 0 atom stereocenters. The van der Waals surface area contributed by atoms with E-state index in [4.69, 9.17) is 0 Å². The number of aromatic amines is 1. The van der Waals surface area contributed by atoms with Crippen molar-refractivity contribution in [3.05, 3.63) is 47.5 Å². The summed E-state index contributed by atoms with van der Waals surface area (Å²) < 4.78 is 13.0. The lowest BCUT2D eigenvalue weighted by Gasteiger charge is -2.30. The molecule has 3 nitrogen and oxygen atoms in total. The predicted molar refractivity (Wildman–Crippen MR) is 71.5 cm³/mol. The summed E-state index contributed by atoms with van der Waals surface area (Å²) in [6.07, 6.45) is 1.82. The smallest absolute Gasteiger partial charge is 0.253 e. The minimum atomic E-state index is -0.280. The van der Waals surface area contributed by atoms with Gasteiger partial charge >= 0.3 is 0 Å². The fourth-order valence-electron chi connectivity index (χ4n) is 2.53. The number of carbonyl (C=O) groups is 1. The Morgan fingerprint density at radius 1 is 1.21 bits per heavy atom. The Balaban J connectivity index is 2.17. The Morgan fingerprint density at radius 2 is 1.89 bits per heavy atom. The van der Waals surface area contributed by atoms with Gasteiger partial charge in [0.05, 0.1) is 5.56 Å². The van der Waals surface area contributed by atoms with Gasteiger partial charge in [0.1, 0.15) is 5.82 Å². The fourth-order valence-corrected chi connectivity index (χ4v) is 2.53. The van der Waals surface area contributed by atoms with Gasteiger partial charge in [-0.05, 0) is 17.7 Å². The van der Waals surface area contributed by atoms with Crippen LogP contribution in [-0.2, 0) is 5.41 Å². The highest BCUT2D eigenvalue weighted by atomic mass is 19.1. The van der Waals surface area contributed by atoms with Crippen LogP contribution in [0.1, 0.15) is 29.9 Å². The lowest BCUT2D eigenvalue weighted by Crippen LogP contribution is -2.43. The van der Waals surface area contributed by atoms with E-state index in [2.05, 4.69) is 24.1 Å². The molecule has 1 aliphatic heterocycles. The van der Waals surface area contributed by atoms with E-state index in [0.29, 0.717) is 12.1 Å². The van der Waals surface area contributed by atoms with Crippen LogP contribution in [0.5, 0.6) is 0 Å². The van der Waals surface area contributed by atoms with E-state index in [1.165, 1.54) is 12.1 Å². The first-order chi connectivity index (χ1) is 8.99. The summed E-state index contributed by atoms with van der Waals surface area (Å²) in [5, 5.41) is 2.90. The van der Waals surface area contributed by atoms with Crippen LogP contribution in [0.4, 0.5) is 4.39 Å². The van der Waals surface area contributed by atoms with E-state index in [1.54, 1.807) is 12.1 Å². The molecule has 0 bridgehead atoms. The Hall–Kier alpha value is -2.10. The summed E-state index contributed by atoms with van der Waals surface area (Å²) >= 11 is 0. The van der Waals surface area contributed by atoms with Crippen LogP contribution in [0.25, 0.3) is 11.1 Å². The average Bonchev–Trinajstić information content (AvgIpc) is 2.82. The molecule has 0 aliphatic carbocycles. The molecule has 1 aromatic heterocycles. The van der Waals surface area contributed by atoms with Crippen LogP contribution in [0, 0.1) is 5.82 Å². The summed E-state index contributed by atoms with van der Waals surface area (Å²) in [5.41, 5.74) is 3.15. The molecule has 4 heteroatoms. The highest BCUT2D eigenvalue weighted by Gasteiger charge is 2.35. The van der Waals surface area contributed by atoms with Crippen molar-refractivity contribution >= 4 is 5.91 Å². The van der Waals surface area contributed by atoms with Crippen molar-refractivity contribution in [2.45, 2.75) is 19.3 Å². The van der Waals surface area contributed by atoms with Crippen LogP contribution in [0.3, 0.4) is 0 Å². The Bertz CT molecular complexity index is 641. The maximum Gasteiger partial charge on any atom is 0.253 e. The maximum absolute atomic E-state index is 13.0. The highest BCUT2D eigenvalue weighted by Crippen LogP contribution is 2.35.